The van der Waals surface area contributed by atoms with Crippen LogP contribution >= 0.6 is 0 Å². The summed E-state index contributed by atoms with van der Waals surface area (Å²) in [4.78, 5) is 26.7. The summed E-state index contributed by atoms with van der Waals surface area (Å²) in [6, 6.07) is 42.4. The predicted octanol–water partition coefficient (Wildman–Crippen LogP) is 13.9. The van der Waals surface area contributed by atoms with Gasteiger partial charge in [-0.1, -0.05) is 143 Å². The fourth-order valence-corrected chi connectivity index (χ4v) is 9.18. The van der Waals surface area contributed by atoms with E-state index in [1.54, 1.807) is 12.1 Å². The molecule has 0 heterocycles. The highest BCUT2D eigenvalue weighted by Gasteiger charge is 2.24. The van der Waals surface area contributed by atoms with Crippen molar-refractivity contribution < 1.29 is 19.1 Å². The highest BCUT2D eigenvalue weighted by atomic mass is 16.6. The van der Waals surface area contributed by atoms with Gasteiger partial charge in [0.1, 0.15) is 6.61 Å². The maximum Gasteiger partial charge on any atom is 0.338 e. The standard InChI is InChI=1S/C52H58O4/c1-3-8-37-12-16-39(17-13-37)41-20-24-43(25-21-41)45-28-32-48(33-29-45)51(53)55-36-50(47-10-6-5-7-11-47)56-52(54)49-34-30-46(31-35-49)44-26-22-42(23-27-44)40-18-14-38(9-4-2)15-19-40/h5-7,10-11,20-35,37-40,50H,3-4,8-9,12-19,36H2,1-2H3/t37-,38-,39-,40-,50?. The summed E-state index contributed by atoms with van der Waals surface area (Å²) in [7, 11) is 0. The minimum atomic E-state index is -0.753. The van der Waals surface area contributed by atoms with Gasteiger partial charge in [-0.05, 0) is 138 Å². The molecule has 7 rings (SSSR count). The molecular weight excluding hydrogens is 689 g/mol. The van der Waals surface area contributed by atoms with Gasteiger partial charge in [0.2, 0.25) is 0 Å². The zero-order valence-electron chi connectivity index (χ0n) is 33.3. The molecule has 0 aromatic heterocycles. The molecule has 0 saturated heterocycles. The van der Waals surface area contributed by atoms with Crippen LogP contribution in [0.3, 0.4) is 0 Å². The molecule has 5 aromatic carbocycles. The van der Waals surface area contributed by atoms with Crippen molar-refractivity contribution in [3.8, 4) is 22.3 Å². The quantitative estimate of drug-likeness (QED) is 0.106. The smallest absolute Gasteiger partial charge is 0.338 e. The van der Waals surface area contributed by atoms with Gasteiger partial charge in [0.25, 0.3) is 0 Å². The Morgan fingerprint density at radius 1 is 0.500 bits per heavy atom. The summed E-state index contributed by atoms with van der Waals surface area (Å²) >= 11 is 0. The molecule has 2 aliphatic carbocycles. The van der Waals surface area contributed by atoms with E-state index in [1.807, 2.05) is 66.7 Å². The summed E-state index contributed by atoms with van der Waals surface area (Å²) in [5.41, 5.74) is 8.90. The summed E-state index contributed by atoms with van der Waals surface area (Å²) in [6.07, 6.45) is 15.1. The van der Waals surface area contributed by atoms with Gasteiger partial charge in [0.05, 0.1) is 11.1 Å². The summed E-state index contributed by atoms with van der Waals surface area (Å²) < 4.78 is 11.8. The largest absolute Gasteiger partial charge is 0.458 e. The van der Waals surface area contributed by atoms with Crippen molar-refractivity contribution in [1.82, 2.24) is 0 Å². The number of esters is 2. The highest BCUT2D eigenvalue weighted by Crippen LogP contribution is 2.39. The van der Waals surface area contributed by atoms with E-state index in [4.69, 9.17) is 9.47 Å². The molecular formula is C52H58O4. The number of hydrogen-bond acceptors (Lipinski definition) is 4. The Kier molecular flexibility index (Phi) is 13.5. The first kappa shape index (κ1) is 39.3. The third-order valence-corrected chi connectivity index (χ3v) is 12.5. The van der Waals surface area contributed by atoms with Crippen molar-refractivity contribution in [2.75, 3.05) is 6.61 Å². The lowest BCUT2D eigenvalue weighted by Crippen LogP contribution is -2.19. The van der Waals surface area contributed by atoms with Crippen LogP contribution in [0.5, 0.6) is 0 Å². The molecule has 4 nitrogen and oxygen atoms in total. The Morgan fingerprint density at radius 3 is 1.30 bits per heavy atom. The van der Waals surface area contributed by atoms with Crippen LogP contribution in [-0.4, -0.2) is 18.5 Å². The van der Waals surface area contributed by atoms with E-state index in [1.165, 1.54) is 88.2 Å². The molecule has 1 unspecified atom stereocenters. The van der Waals surface area contributed by atoms with Gasteiger partial charge < -0.3 is 9.47 Å². The number of carbonyl (C=O) groups is 2. The van der Waals surface area contributed by atoms with Crippen LogP contribution < -0.4 is 0 Å². The molecule has 0 N–H and O–H groups in total. The number of ether oxygens (including phenoxy) is 2. The van der Waals surface area contributed by atoms with Crippen LogP contribution in [0.15, 0.2) is 127 Å². The zero-order chi connectivity index (χ0) is 38.7. The lowest BCUT2D eigenvalue weighted by molar-refractivity contribution is -0.00133. The van der Waals surface area contributed by atoms with E-state index in [9.17, 15) is 9.59 Å². The van der Waals surface area contributed by atoms with Gasteiger partial charge in [-0.25, -0.2) is 9.59 Å². The number of rotatable bonds is 14. The molecule has 290 valence electrons. The molecule has 2 fully saturated rings. The van der Waals surface area contributed by atoms with Gasteiger partial charge in [0, 0.05) is 0 Å². The van der Waals surface area contributed by atoms with Crippen LogP contribution in [0.1, 0.15) is 146 Å². The molecule has 1 atom stereocenters. The minimum absolute atomic E-state index is 0.0944. The van der Waals surface area contributed by atoms with Crippen molar-refractivity contribution in [1.29, 1.82) is 0 Å². The maximum absolute atomic E-state index is 13.4. The second kappa shape index (κ2) is 19.3. The third-order valence-electron chi connectivity index (χ3n) is 12.5. The first-order chi connectivity index (χ1) is 27.5. The van der Waals surface area contributed by atoms with Crippen molar-refractivity contribution in [2.24, 2.45) is 11.8 Å². The van der Waals surface area contributed by atoms with Crippen LogP contribution in [0.4, 0.5) is 0 Å². The molecule has 2 aliphatic rings. The van der Waals surface area contributed by atoms with Gasteiger partial charge in [-0.2, -0.15) is 0 Å². The van der Waals surface area contributed by atoms with Gasteiger partial charge in [-0.15, -0.1) is 0 Å². The molecule has 0 radical (unpaired) electrons. The first-order valence-electron chi connectivity index (χ1n) is 21.3. The number of benzene rings is 5. The molecule has 0 aliphatic heterocycles. The Balaban J connectivity index is 0.932. The zero-order valence-corrected chi connectivity index (χ0v) is 33.3. The lowest BCUT2D eigenvalue weighted by Gasteiger charge is -2.28. The highest BCUT2D eigenvalue weighted by molar-refractivity contribution is 5.91. The van der Waals surface area contributed by atoms with Gasteiger partial charge in [0.15, 0.2) is 6.10 Å². The Bertz CT molecular complexity index is 1960. The average Bonchev–Trinajstić information content (AvgIpc) is 3.26. The van der Waals surface area contributed by atoms with E-state index in [0.29, 0.717) is 23.0 Å². The molecule has 4 heteroatoms. The molecule has 2 saturated carbocycles. The van der Waals surface area contributed by atoms with Gasteiger partial charge in [-0.3, -0.25) is 0 Å². The molecule has 0 amide bonds. The van der Waals surface area contributed by atoms with E-state index in [2.05, 4.69) is 62.4 Å². The Labute approximate surface area is 334 Å². The lowest BCUT2D eigenvalue weighted by atomic mass is 9.77. The monoisotopic (exact) mass is 746 g/mol. The fourth-order valence-electron chi connectivity index (χ4n) is 9.18. The summed E-state index contributed by atoms with van der Waals surface area (Å²) in [6.45, 7) is 4.49. The first-order valence-corrected chi connectivity index (χ1v) is 21.3. The molecule has 5 aromatic rings. The normalized spacial score (nSPS) is 20.2. The summed E-state index contributed by atoms with van der Waals surface area (Å²) in [5.74, 6) is 2.21. The SMILES string of the molecule is CCC[C@H]1CC[C@H](c2ccc(-c3ccc(C(=O)OCC(OC(=O)c4ccc(-c5ccc([C@H]6CC[C@H](CCC)CC6)cc5)cc4)c4ccccc4)cc3)cc2)CC1. The Morgan fingerprint density at radius 2 is 0.893 bits per heavy atom. The van der Waals surface area contributed by atoms with Crippen LogP contribution in [0.25, 0.3) is 22.3 Å². The van der Waals surface area contributed by atoms with Crippen LogP contribution in [-0.2, 0) is 9.47 Å². The topological polar surface area (TPSA) is 52.6 Å². The van der Waals surface area contributed by atoms with Crippen molar-refractivity contribution in [3.05, 3.63) is 155 Å². The van der Waals surface area contributed by atoms with Crippen molar-refractivity contribution in [3.63, 3.8) is 0 Å². The van der Waals surface area contributed by atoms with E-state index >= 15 is 0 Å². The van der Waals surface area contributed by atoms with E-state index in [-0.39, 0.29) is 6.61 Å². The minimum Gasteiger partial charge on any atom is -0.458 e. The van der Waals surface area contributed by atoms with Crippen molar-refractivity contribution >= 4 is 11.9 Å². The average molecular weight is 747 g/mol. The Hall–Kier alpha value is -4.96. The van der Waals surface area contributed by atoms with Crippen molar-refractivity contribution in [2.45, 2.75) is 109 Å². The summed E-state index contributed by atoms with van der Waals surface area (Å²) in [5, 5.41) is 0. The second-order valence-corrected chi connectivity index (χ2v) is 16.3. The number of hydrogen-bond donors (Lipinski definition) is 0. The second-order valence-electron chi connectivity index (χ2n) is 16.3. The molecule has 0 spiro atoms. The van der Waals surface area contributed by atoms with E-state index in [0.717, 1.165) is 39.7 Å². The molecule has 56 heavy (non-hydrogen) atoms. The molecule has 0 bridgehead atoms. The van der Waals surface area contributed by atoms with E-state index < -0.39 is 18.0 Å². The van der Waals surface area contributed by atoms with Gasteiger partial charge >= 0.3 is 11.9 Å². The maximum atomic E-state index is 13.4. The van der Waals surface area contributed by atoms with Crippen LogP contribution in [0.2, 0.25) is 0 Å². The number of carbonyl (C=O) groups excluding carboxylic acids is 2. The third kappa shape index (κ3) is 10.1. The predicted molar refractivity (Wildman–Crippen MR) is 228 cm³/mol. The van der Waals surface area contributed by atoms with Crippen LogP contribution in [0, 0.1) is 11.8 Å². The fraction of sp³-hybridized carbons (Fsp3) is 0.385.